The van der Waals surface area contributed by atoms with E-state index < -0.39 is 10.0 Å². The molecule has 0 spiro atoms. The molecule has 2 aromatic carbocycles. The molecule has 1 N–H and O–H groups in total. The van der Waals surface area contributed by atoms with Crippen LogP contribution in [0.1, 0.15) is 31.7 Å². The Hall–Kier alpha value is -2.21. The van der Waals surface area contributed by atoms with E-state index in [0.717, 1.165) is 12.0 Å². The van der Waals surface area contributed by atoms with Crippen LogP contribution in [0.2, 0.25) is 0 Å². The van der Waals surface area contributed by atoms with Crippen LogP contribution in [0.4, 0.5) is 5.69 Å². The number of rotatable bonds is 7. The number of sulfonamides is 1. The Kier molecular flexibility index (Phi) is 5.72. The first-order valence-corrected chi connectivity index (χ1v) is 9.25. The quantitative estimate of drug-likeness (QED) is 0.820. The SMILES string of the molecule is CCC(C)c1ccccc1NS(=O)(=O)c1cc(OC)ccc1OC. The molecule has 0 aliphatic carbocycles. The summed E-state index contributed by atoms with van der Waals surface area (Å²) in [4.78, 5) is 0.0447. The second-order valence-electron chi connectivity index (χ2n) is 5.52. The first kappa shape index (κ1) is 18.1. The molecule has 0 aliphatic rings. The van der Waals surface area contributed by atoms with E-state index in [2.05, 4.69) is 18.6 Å². The summed E-state index contributed by atoms with van der Waals surface area (Å²) < 4.78 is 38.7. The molecule has 2 aromatic rings. The molecule has 0 amide bonds. The van der Waals surface area contributed by atoms with E-state index in [1.165, 1.54) is 20.3 Å². The van der Waals surface area contributed by atoms with E-state index in [-0.39, 0.29) is 16.6 Å². The molecule has 6 heteroatoms. The average Bonchev–Trinajstić information content (AvgIpc) is 2.60. The molecule has 0 bridgehead atoms. The summed E-state index contributed by atoms with van der Waals surface area (Å²) in [6.07, 6.45) is 0.918. The maximum atomic E-state index is 12.9. The van der Waals surface area contributed by atoms with Crippen LogP contribution in [-0.2, 0) is 10.0 Å². The third-order valence-corrected chi connectivity index (χ3v) is 5.40. The van der Waals surface area contributed by atoms with Gasteiger partial charge in [-0.1, -0.05) is 32.0 Å². The number of hydrogen-bond donors (Lipinski definition) is 1. The second kappa shape index (κ2) is 7.57. The minimum atomic E-state index is -3.81. The highest BCUT2D eigenvalue weighted by atomic mass is 32.2. The van der Waals surface area contributed by atoms with Crippen molar-refractivity contribution >= 4 is 15.7 Å². The fourth-order valence-electron chi connectivity index (χ4n) is 2.43. The average molecular weight is 349 g/mol. The number of hydrogen-bond acceptors (Lipinski definition) is 4. The highest BCUT2D eigenvalue weighted by Crippen LogP contribution is 2.32. The van der Waals surface area contributed by atoms with E-state index in [0.29, 0.717) is 11.4 Å². The van der Waals surface area contributed by atoms with Crippen molar-refractivity contribution in [3.8, 4) is 11.5 Å². The van der Waals surface area contributed by atoms with Gasteiger partial charge in [0.2, 0.25) is 0 Å². The minimum absolute atomic E-state index is 0.0447. The number of para-hydroxylation sites is 1. The molecular formula is C18H23NO4S. The van der Waals surface area contributed by atoms with Gasteiger partial charge in [0.1, 0.15) is 16.4 Å². The first-order chi connectivity index (χ1) is 11.4. The van der Waals surface area contributed by atoms with Gasteiger partial charge in [-0.25, -0.2) is 8.42 Å². The summed E-state index contributed by atoms with van der Waals surface area (Å²) in [5.74, 6) is 0.965. The summed E-state index contributed by atoms with van der Waals surface area (Å²) >= 11 is 0. The molecule has 24 heavy (non-hydrogen) atoms. The van der Waals surface area contributed by atoms with E-state index in [4.69, 9.17) is 9.47 Å². The Morgan fingerprint density at radius 2 is 1.79 bits per heavy atom. The van der Waals surface area contributed by atoms with Gasteiger partial charge in [-0.2, -0.15) is 0 Å². The van der Waals surface area contributed by atoms with Gasteiger partial charge in [-0.15, -0.1) is 0 Å². The molecule has 0 saturated heterocycles. The lowest BCUT2D eigenvalue weighted by atomic mass is 9.97. The fourth-order valence-corrected chi connectivity index (χ4v) is 3.71. The van der Waals surface area contributed by atoms with Crippen molar-refractivity contribution in [1.29, 1.82) is 0 Å². The van der Waals surface area contributed by atoms with Crippen molar-refractivity contribution < 1.29 is 17.9 Å². The third kappa shape index (κ3) is 3.82. The lowest BCUT2D eigenvalue weighted by Crippen LogP contribution is -2.16. The maximum Gasteiger partial charge on any atom is 0.265 e. The molecule has 2 rings (SSSR count). The molecule has 130 valence electrons. The van der Waals surface area contributed by atoms with Crippen molar-refractivity contribution in [3.05, 3.63) is 48.0 Å². The predicted octanol–water partition coefficient (Wildman–Crippen LogP) is 4.02. The Morgan fingerprint density at radius 3 is 2.42 bits per heavy atom. The summed E-state index contributed by atoms with van der Waals surface area (Å²) in [7, 11) is -0.880. The van der Waals surface area contributed by atoms with Crippen LogP contribution >= 0.6 is 0 Å². The van der Waals surface area contributed by atoms with Crippen molar-refractivity contribution in [3.63, 3.8) is 0 Å². The molecule has 5 nitrogen and oxygen atoms in total. The number of benzene rings is 2. The predicted molar refractivity (Wildman–Crippen MR) is 95.5 cm³/mol. The number of nitrogens with one attached hydrogen (secondary N) is 1. The number of methoxy groups -OCH3 is 2. The van der Waals surface area contributed by atoms with Crippen LogP contribution in [0.25, 0.3) is 0 Å². The summed E-state index contributed by atoms with van der Waals surface area (Å²) in [5, 5.41) is 0. The van der Waals surface area contributed by atoms with Gasteiger partial charge in [0, 0.05) is 6.07 Å². The largest absolute Gasteiger partial charge is 0.497 e. The van der Waals surface area contributed by atoms with Crippen molar-refractivity contribution in [2.24, 2.45) is 0 Å². The van der Waals surface area contributed by atoms with E-state index in [1.807, 2.05) is 18.2 Å². The Morgan fingerprint density at radius 1 is 1.08 bits per heavy atom. The van der Waals surface area contributed by atoms with E-state index in [1.54, 1.807) is 18.2 Å². The van der Waals surface area contributed by atoms with Crippen molar-refractivity contribution in [2.75, 3.05) is 18.9 Å². The lowest BCUT2D eigenvalue weighted by Gasteiger charge is -2.17. The van der Waals surface area contributed by atoms with Gasteiger partial charge in [-0.05, 0) is 36.1 Å². The molecule has 0 aliphatic heterocycles. The molecular weight excluding hydrogens is 326 g/mol. The standard InChI is InChI=1S/C18H23NO4S/c1-5-13(2)15-8-6-7-9-16(15)19-24(20,21)18-12-14(22-3)10-11-17(18)23-4/h6-13,19H,5H2,1-4H3. The van der Waals surface area contributed by atoms with Crippen LogP contribution in [0.15, 0.2) is 47.4 Å². The summed E-state index contributed by atoms with van der Waals surface area (Å²) in [6.45, 7) is 4.14. The smallest absolute Gasteiger partial charge is 0.265 e. The maximum absolute atomic E-state index is 12.9. The number of anilines is 1. The van der Waals surface area contributed by atoms with Gasteiger partial charge in [0.25, 0.3) is 10.0 Å². The van der Waals surface area contributed by atoms with Gasteiger partial charge < -0.3 is 9.47 Å². The van der Waals surface area contributed by atoms with Crippen LogP contribution in [0.5, 0.6) is 11.5 Å². The summed E-state index contributed by atoms with van der Waals surface area (Å²) in [6, 6.07) is 12.1. The summed E-state index contributed by atoms with van der Waals surface area (Å²) in [5.41, 5.74) is 1.54. The molecule has 1 unspecified atom stereocenters. The van der Waals surface area contributed by atoms with Crippen LogP contribution in [-0.4, -0.2) is 22.6 Å². The van der Waals surface area contributed by atoms with Crippen LogP contribution < -0.4 is 14.2 Å². The molecule has 0 aromatic heterocycles. The van der Waals surface area contributed by atoms with Crippen molar-refractivity contribution in [2.45, 2.75) is 31.1 Å². The highest BCUT2D eigenvalue weighted by molar-refractivity contribution is 7.92. The Balaban J connectivity index is 2.47. The first-order valence-electron chi connectivity index (χ1n) is 7.76. The molecule has 0 saturated carbocycles. The zero-order valence-electron chi connectivity index (χ0n) is 14.4. The molecule has 1 atom stereocenters. The monoisotopic (exact) mass is 349 g/mol. The minimum Gasteiger partial charge on any atom is -0.497 e. The number of ether oxygens (including phenoxy) is 2. The molecule has 0 fully saturated rings. The Labute approximate surface area is 143 Å². The topological polar surface area (TPSA) is 64.6 Å². The van der Waals surface area contributed by atoms with Crippen LogP contribution in [0.3, 0.4) is 0 Å². The zero-order chi connectivity index (χ0) is 17.7. The zero-order valence-corrected chi connectivity index (χ0v) is 15.2. The van der Waals surface area contributed by atoms with E-state index in [9.17, 15) is 8.42 Å². The molecule has 0 radical (unpaired) electrons. The fraction of sp³-hybridized carbons (Fsp3) is 0.333. The van der Waals surface area contributed by atoms with Crippen molar-refractivity contribution in [1.82, 2.24) is 0 Å². The van der Waals surface area contributed by atoms with Crippen LogP contribution in [0, 0.1) is 0 Å². The van der Waals surface area contributed by atoms with Gasteiger partial charge in [0.05, 0.1) is 19.9 Å². The van der Waals surface area contributed by atoms with Gasteiger partial charge in [-0.3, -0.25) is 4.72 Å². The second-order valence-corrected chi connectivity index (χ2v) is 7.17. The van der Waals surface area contributed by atoms with Gasteiger partial charge in [0.15, 0.2) is 0 Å². The van der Waals surface area contributed by atoms with Gasteiger partial charge >= 0.3 is 0 Å². The Bertz CT molecular complexity index is 802. The molecule has 0 heterocycles. The third-order valence-electron chi connectivity index (χ3n) is 4.01. The lowest BCUT2D eigenvalue weighted by molar-refractivity contribution is 0.392. The van der Waals surface area contributed by atoms with E-state index >= 15 is 0 Å². The highest BCUT2D eigenvalue weighted by Gasteiger charge is 2.22. The normalized spacial score (nSPS) is 12.5.